The molecule has 0 saturated heterocycles. The van der Waals surface area contributed by atoms with Crippen LogP contribution in [0, 0.1) is 11.7 Å². The van der Waals surface area contributed by atoms with Gasteiger partial charge in [-0.15, -0.1) is 0 Å². The molecule has 7 nitrogen and oxygen atoms in total. The Morgan fingerprint density at radius 3 is 2.59 bits per heavy atom. The maximum Gasteiger partial charge on any atom is 0.337 e. The molecular weight excluding hydrogens is 439 g/mol. The number of ether oxygens (including phenoxy) is 2. The van der Waals surface area contributed by atoms with Crippen molar-refractivity contribution in [1.82, 2.24) is 4.98 Å². The molecule has 1 heterocycles. The Bertz CT molecular complexity index is 1160. The summed E-state index contributed by atoms with van der Waals surface area (Å²) in [7, 11) is 0. The largest absolute Gasteiger partial charge is 0.492 e. The molecular formula is C26H25FN2O5. The number of carbonyl (C=O) groups excluding carboxylic acids is 1. The molecule has 1 aliphatic carbocycles. The molecule has 2 aromatic carbocycles. The summed E-state index contributed by atoms with van der Waals surface area (Å²) in [4.78, 5) is 28.1. The summed E-state index contributed by atoms with van der Waals surface area (Å²) in [5.41, 5.74) is 0.945. The number of nitrogens with one attached hydrogen (secondary N) is 1. The van der Waals surface area contributed by atoms with Gasteiger partial charge in [-0.25, -0.2) is 14.2 Å². The Balaban J connectivity index is 1.51. The van der Waals surface area contributed by atoms with E-state index in [-0.39, 0.29) is 29.4 Å². The SMILES string of the molecule is O=C(O)c1ccc(NC(=O)c2cc(OCc3cccc(F)c3)ccc2OCC2CCCC2)nc1. The zero-order valence-electron chi connectivity index (χ0n) is 18.5. The van der Waals surface area contributed by atoms with Gasteiger partial charge in [-0.3, -0.25) is 4.79 Å². The fourth-order valence-electron chi connectivity index (χ4n) is 3.86. The van der Waals surface area contributed by atoms with Crippen molar-refractivity contribution in [2.24, 2.45) is 5.92 Å². The highest BCUT2D eigenvalue weighted by Crippen LogP contribution is 2.29. The molecule has 1 aliphatic rings. The van der Waals surface area contributed by atoms with Gasteiger partial charge in [0.05, 0.1) is 17.7 Å². The second kappa shape index (κ2) is 10.8. The molecule has 0 aliphatic heterocycles. The molecule has 1 fully saturated rings. The van der Waals surface area contributed by atoms with E-state index in [1.807, 2.05) is 0 Å². The fourth-order valence-corrected chi connectivity index (χ4v) is 3.86. The van der Waals surface area contributed by atoms with Crippen LogP contribution in [0.2, 0.25) is 0 Å². The first kappa shape index (κ1) is 23.2. The van der Waals surface area contributed by atoms with E-state index in [1.165, 1.54) is 43.3 Å². The topological polar surface area (TPSA) is 97.8 Å². The van der Waals surface area contributed by atoms with Gasteiger partial charge < -0.3 is 19.9 Å². The summed E-state index contributed by atoms with van der Waals surface area (Å²) < 4.78 is 25.2. The molecule has 0 spiro atoms. The number of nitrogens with zero attached hydrogens (tertiary/aromatic N) is 1. The predicted octanol–water partition coefficient (Wildman–Crippen LogP) is 5.32. The standard InChI is InChI=1S/C26H25FN2O5/c27-20-7-3-6-18(12-20)16-33-21-9-10-23(34-15-17-4-1-2-5-17)22(13-21)25(30)29-24-11-8-19(14-28-24)26(31)32/h3,6-14,17H,1-2,4-5,15-16H2,(H,31,32)(H,28,29,30). The van der Waals surface area contributed by atoms with Crippen LogP contribution in [0.4, 0.5) is 10.2 Å². The van der Waals surface area contributed by atoms with Crippen molar-refractivity contribution in [2.75, 3.05) is 11.9 Å². The van der Waals surface area contributed by atoms with E-state index in [0.29, 0.717) is 29.6 Å². The van der Waals surface area contributed by atoms with E-state index in [9.17, 15) is 14.0 Å². The zero-order valence-corrected chi connectivity index (χ0v) is 18.5. The van der Waals surface area contributed by atoms with Gasteiger partial charge in [-0.2, -0.15) is 0 Å². The first-order valence-electron chi connectivity index (χ1n) is 11.1. The van der Waals surface area contributed by atoms with Crippen molar-refractivity contribution in [3.8, 4) is 11.5 Å². The summed E-state index contributed by atoms with van der Waals surface area (Å²) >= 11 is 0. The van der Waals surface area contributed by atoms with E-state index in [0.717, 1.165) is 12.8 Å². The average Bonchev–Trinajstić information content (AvgIpc) is 3.36. The van der Waals surface area contributed by atoms with Gasteiger partial charge in [0.15, 0.2) is 0 Å². The second-order valence-electron chi connectivity index (χ2n) is 8.23. The number of amides is 1. The van der Waals surface area contributed by atoms with Crippen LogP contribution >= 0.6 is 0 Å². The van der Waals surface area contributed by atoms with Crippen molar-refractivity contribution in [3.05, 3.63) is 83.3 Å². The second-order valence-corrected chi connectivity index (χ2v) is 8.23. The third kappa shape index (κ3) is 6.10. The van der Waals surface area contributed by atoms with Crippen molar-refractivity contribution in [1.29, 1.82) is 0 Å². The van der Waals surface area contributed by atoms with Gasteiger partial charge in [-0.1, -0.05) is 25.0 Å². The smallest absolute Gasteiger partial charge is 0.337 e. The molecule has 34 heavy (non-hydrogen) atoms. The number of anilines is 1. The number of aromatic carboxylic acids is 1. The van der Waals surface area contributed by atoms with Crippen LogP contribution in [0.1, 0.15) is 52.0 Å². The monoisotopic (exact) mass is 464 g/mol. The third-order valence-electron chi connectivity index (χ3n) is 5.69. The highest BCUT2D eigenvalue weighted by Gasteiger charge is 2.19. The minimum absolute atomic E-state index is 0.0198. The number of hydrogen-bond donors (Lipinski definition) is 2. The summed E-state index contributed by atoms with van der Waals surface area (Å²) in [5, 5.41) is 11.7. The first-order chi connectivity index (χ1) is 16.5. The summed E-state index contributed by atoms with van der Waals surface area (Å²) in [5.74, 6) is -0.392. The van der Waals surface area contributed by atoms with Gasteiger partial charge >= 0.3 is 5.97 Å². The number of carboxylic acids is 1. The quantitative estimate of drug-likeness (QED) is 0.445. The van der Waals surface area contributed by atoms with Gasteiger partial charge in [0.1, 0.15) is 29.7 Å². The number of carboxylic acid groups (broad SMARTS) is 1. The molecule has 0 unspecified atom stereocenters. The third-order valence-corrected chi connectivity index (χ3v) is 5.69. The Kier molecular flexibility index (Phi) is 7.37. The molecule has 176 valence electrons. The number of aromatic nitrogens is 1. The first-order valence-corrected chi connectivity index (χ1v) is 11.1. The highest BCUT2D eigenvalue weighted by molar-refractivity contribution is 6.06. The van der Waals surface area contributed by atoms with Crippen LogP contribution in [0.25, 0.3) is 0 Å². The normalized spacial score (nSPS) is 13.4. The number of halogens is 1. The lowest BCUT2D eigenvalue weighted by molar-refractivity contribution is 0.0696. The molecule has 0 radical (unpaired) electrons. The molecule has 2 N–H and O–H groups in total. The Morgan fingerprint density at radius 2 is 1.88 bits per heavy atom. The van der Waals surface area contributed by atoms with E-state index < -0.39 is 11.9 Å². The fraction of sp³-hybridized carbons (Fsp3) is 0.269. The number of pyridine rings is 1. The Labute approximate surface area is 196 Å². The Morgan fingerprint density at radius 1 is 1.06 bits per heavy atom. The summed E-state index contributed by atoms with van der Waals surface area (Å²) in [6.45, 7) is 0.661. The lowest BCUT2D eigenvalue weighted by atomic mass is 10.1. The van der Waals surface area contributed by atoms with Crippen molar-refractivity contribution in [2.45, 2.75) is 32.3 Å². The van der Waals surface area contributed by atoms with Crippen LogP contribution in [-0.2, 0) is 6.61 Å². The Hall–Kier alpha value is -3.94. The van der Waals surface area contributed by atoms with Crippen LogP contribution < -0.4 is 14.8 Å². The van der Waals surface area contributed by atoms with Gasteiger partial charge in [0.25, 0.3) is 5.91 Å². The van der Waals surface area contributed by atoms with E-state index in [1.54, 1.807) is 30.3 Å². The lowest BCUT2D eigenvalue weighted by Crippen LogP contribution is -2.16. The lowest BCUT2D eigenvalue weighted by Gasteiger charge is -2.16. The minimum Gasteiger partial charge on any atom is -0.492 e. The summed E-state index contributed by atoms with van der Waals surface area (Å²) in [6, 6.07) is 13.9. The maximum atomic E-state index is 13.4. The molecule has 1 amide bonds. The number of benzene rings is 2. The van der Waals surface area contributed by atoms with Crippen LogP contribution in [0.3, 0.4) is 0 Å². The van der Waals surface area contributed by atoms with Crippen molar-refractivity contribution in [3.63, 3.8) is 0 Å². The zero-order chi connectivity index (χ0) is 23.9. The predicted molar refractivity (Wildman–Crippen MR) is 124 cm³/mol. The van der Waals surface area contributed by atoms with Crippen molar-refractivity contribution >= 4 is 17.7 Å². The van der Waals surface area contributed by atoms with Crippen LogP contribution in [0.5, 0.6) is 11.5 Å². The molecule has 0 atom stereocenters. The van der Waals surface area contributed by atoms with E-state index in [4.69, 9.17) is 14.6 Å². The molecule has 1 saturated carbocycles. The maximum absolute atomic E-state index is 13.4. The van der Waals surface area contributed by atoms with Crippen LogP contribution in [0.15, 0.2) is 60.8 Å². The molecule has 8 heteroatoms. The van der Waals surface area contributed by atoms with Gasteiger partial charge in [-0.05, 0) is 66.8 Å². The molecule has 4 rings (SSSR count). The van der Waals surface area contributed by atoms with E-state index >= 15 is 0 Å². The minimum atomic E-state index is -1.10. The van der Waals surface area contributed by atoms with Crippen molar-refractivity contribution < 1.29 is 28.6 Å². The number of hydrogen-bond acceptors (Lipinski definition) is 5. The van der Waals surface area contributed by atoms with Crippen LogP contribution in [-0.4, -0.2) is 28.6 Å². The molecule has 0 bridgehead atoms. The highest BCUT2D eigenvalue weighted by atomic mass is 19.1. The molecule has 1 aromatic heterocycles. The summed E-state index contributed by atoms with van der Waals surface area (Å²) in [6.07, 6.45) is 5.76. The van der Waals surface area contributed by atoms with Gasteiger partial charge in [0, 0.05) is 6.20 Å². The molecule has 3 aromatic rings. The number of carbonyl (C=O) groups is 2. The van der Waals surface area contributed by atoms with E-state index in [2.05, 4.69) is 10.3 Å². The average molecular weight is 464 g/mol. The van der Waals surface area contributed by atoms with Gasteiger partial charge in [0.2, 0.25) is 0 Å². The number of rotatable bonds is 9.